The van der Waals surface area contributed by atoms with Gasteiger partial charge in [0.1, 0.15) is 0 Å². The highest BCUT2D eigenvalue weighted by molar-refractivity contribution is 9.11. The van der Waals surface area contributed by atoms with Gasteiger partial charge in [0.15, 0.2) is 0 Å². The van der Waals surface area contributed by atoms with Crippen molar-refractivity contribution in [2.45, 2.75) is 26.2 Å². The third-order valence-corrected chi connectivity index (χ3v) is 12.3. The number of anilines is 7. The average molecular weight is 894 g/mol. The topological polar surface area (TPSA) is 32.5 Å². The molecule has 0 saturated carbocycles. The number of para-hydroxylation sites is 4. The quantitative estimate of drug-likeness (QED) is 0.154. The first-order valence-corrected chi connectivity index (χ1v) is 21.4. The van der Waals surface area contributed by atoms with Crippen LogP contribution in [0.1, 0.15) is 26.3 Å². The Morgan fingerprint density at radius 2 is 0.695 bits per heavy atom. The lowest BCUT2D eigenvalue weighted by molar-refractivity contribution is 0.591. The van der Waals surface area contributed by atoms with Gasteiger partial charge < -0.3 is 15.5 Å². The Kier molecular flexibility index (Phi) is 10.3. The number of hydrogen-bond acceptors (Lipinski definition) is 3. The normalized spacial score (nSPS) is 11.5. The number of hydrogen-bond donors (Lipinski definition) is 1. The summed E-state index contributed by atoms with van der Waals surface area (Å²) in [5, 5.41) is 4.54. The highest BCUT2D eigenvalue weighted by Crippen LogP contribution is 2.46. The summed E-state index contributed by atoms with van der Waals surface area (Å²) in [5.41, 5.74) is 19.9. The highest BCUT2D eigenvalue weighted by atomic mass is 79.9. The number of rotatable bonds is 8. The summed E-state index contributed by atoms with van der Waals surface area (Å²) in [4.78, 5) is 4.59. The molecule has 3 nitrogen and oxygen atoms in total. The Labute approximate surface area is 363 Å². The summed E-state index contributed by atoms with van der Waals surface area (Å²) in [6.07, 6.45) is 0. The molecule has 2 N–H and O–H groups in total. The maximum Gasteiger partial charge on any atom is 0.0474 e. The first-order chi connectivity index (χ1) is 28.6. The maximum absolute atomic E-state index is 7.32. The number of nitrogens with zero attached hydrogens (tertiary/aromatic N) is 2. The van der Waals surface area contributed by atoms with Gasteiger partial charge in [-0.1, -0.05) is 138 Å². The van der Waals surface area contributed by atoms with Crippen molar-refractivity contribution in [2.75, 3.05) is 15.5 Å². The molecule has 0 unspecified atom stereocenters. The van der Waals surface area contributed by atoms with Crippen LogP contribution in [0.4, 0.5) is 39.8 Å². The molecule has 0 saturated heterocycles. The standard InChI is InChI=1S/C54H43Br2N3/c1-54(2,3)40-34-49(47-30-36-24-26-45(28-38(36)32-51(47)55)58(41-16-8-4-9-17-41)42-18-10-5-11-19-42)53(57)50(35-40)48-31-37-25-27-46(29-39(37)33-52(48)56)59(43-20-12-6-13-21-43)44-22-14-7-15-23-44/h4-35H,57H2,1-3H3. The van der Waals surface area contributed by atoms with Gasteiger partial charge in [-0.15, -0.1) is 0 Å². The van der Waals surface area contributed by atoms with E-state index in [4.69, 9.17) is 5.73 Å². The van der Waals surface area contributed by atoms with Crippen LogP contribution in [-0.2, 0) is 5.41 Å². The number of nitrogens with two attached hydrogens (primary N) is 1. The Morgan fingerprint density at radius 3 is 1.02 bits per heavy atom. The Morgan fingerprint density at radius 1 is 0.356 bits per heavy atom. The van der Waals surface area contributed by atoms with E-state index >= 15 is 0 Å². The fourth-order valence-electron chi connectivity index (χ4n) is 7.94. The smallest absolute Gasteiger partial charge is 0.0474 e. The molecule has 59 heavy (non-hydrogen) atoms. The zero-order chi connectivity index (χ0) is 40.7. The van der Waals surface area contributed by atoms with Gasteiger partial charge in [-0.3, -0.25) is 0 Å². The predicted molar refractivity (Wildman–Crippen MR) is 260 cm³/mol. The molecule has 9 aromatic rings. The van der Waals surface area contributed by atoms with Crippen LogP contribution in [0.2, 0.25) is 0 Å². The monoisotopic (exact) mass is 891 g/mol. The summed E-state index contributed by atoms with van der Waals surface area (Å²) in [6, 6.07) is 69.0. The maximum atomic E-state index is 7.32. The van der Waals surface area contributed by atoms with Crippen molar-refractivity contribution < 1.29 is 0 Å². The zero-order valence-corrected chi connectivity index (χ0v) is 36.4. The van der Waals surface area contributed by atoms with E-state index in [0.29, 0.717) is 0 Å². The molecule has 0 bridgehead atoms. The molecular formula is C54H43Br2N3. The molecule has 0 aromatic heterocycles. The summed E-state index contributed by atoms with van der Waals surface area (Å²) in [6.45, 7) is 6.78. The molecule has 9 aromatic carbocycles. The molecule has 0 spiro atoms. The van der Waals surface area contributed by atoms with Gasteiger partial charge in [-0.25, -0.2) is 0 Å². The molecule has 0 heterocycles. The van der Waals surface area contributed by atoms with E-state index in [9.17, 15) is 0 Å². The number of benzene rings is 9. The van der Waals surface area contributed by atoms with Crippen LogP contribution >= 0.6 is 31.9 Å². The first-order valence-electron chi connectivity index (χ1n) is 19.8. The molecular weight excluding hydrogens is 850 g/mol. The van der Waals surface area contributed by atoms with E-state index in [-0.39, 0.29) is 5.41 Å². The number of halogens is 2. The van der Waals surface area contributed by atoms with Gasteiger partial charge in [0.25, 0.3) is 0 Å². The van der Waals surface area contributed by atoms with Crippen LogP contribution in [0, 0.1) is 0 Å². The van der Waals surface area contributed by atoms with Gasteiger partial charge in [0, 0.05) is 59.9 Å². The molecule has 0 atom stereocenters. The minimum atomic E-state index is -0.121. The molecule has 5 heteroatoms. The van der Waals surface area contributed by atoms with Crippen molar-refractivity contribution in [1.82, 2.24) is 0 Å². The van der Waals surface area contributed by atoms with Crippen molar-refractivity contribution >= 4 is 93.2 Å². The zero-order valence-electron chi connectivity index (χ0n) is 33.2. The molecule has 288 valence electrons. The number of fused-ring (bicyclic) bond motifs is 2. The molecule has 0 aliphatic heterocycles. The number of nitrogen functional groups attached to an aromatic ring is 1. The lowest BCUT2D eigenvalue weighted by atomic mass is 9.82. The van der Waals surface area contributed by atoms with Gasteiger partial charge in [0.05, 0.1) is 0 Å². The Balaban J connectivity index is 1.14. The summed E-state index contributed by atoms with van der Waals surface area (Å²) >= 11 is 8.02. The second-order valence-electron chi connectivity index (χ2n) is 16.0. The minimum Gasteiger partial charge on any atom is -0.398 e. The Hall–Kier alpha value is -6.14. The SMILES string of the molecule is CC(C)(C)c1cc(-c2cc3ccc(N(c4ccccc4)c4ccccc4)cc3cc2Br)c(N)c(-c2cc3ccc(N(c4ccccc4)c4ccccc4)cc3cc2Br)c1. The van der Waals surface area contributed by atoms with Crippen LogP contribution < -0.4 is 15.5 Å². The van der Waals surface area contributed by atoms with Crippen molar-refractivity contribution in [3.63, 3.8) is 0 Å². The third kappa shape index (κ3) is 7.65. The molecule has 0 amide bonds. The fraction of sp³-hybridized carbons (Fsp3) is 0.0741. The highest BCUT2D eigenvalue weighted by Gasteiger charge is 2.23. The summed E-state index contributed by atoms with van der Waals surface area (Å²) in [7, 11) is 0. The lowest BCUT2D eigenvalue weighted by Gasteiger charge is -2.26. The first kappa shape index (κ1) is 38.4. The third-order valence-electron chi connectivity index (χ3n) is 11.0. The van der Waals surface area contributed by atoms with E-state index in [1.165, 1.54) is 5.56 Å². The van der Waals surface area contributed by atoms with Crippen molar-refractivity contribution in [3.05, 3.63) is 209 Å². The minimum absolute atomic E-state index is 0.121. The predicted octanol–water partition coefficient (Wildman–Crippen LogP) is 16.7. The van der Waals surface area contributed by atoms with Crippen molar-refractivity contribution in [1.29, 1.82) is 0 Å². The van der Waals surface area contributed by atoms with Crippen LogP contribution in [0.15, 0.2) is 203 Å². The van der Waals surface area contributed by atoms with E-state index in [0.717, 1.165) is 92.6 Å². The van der Waals surface area contributed by atoms with Gasteiger partial charge in [-0.2, -0.15) is 0 Å². The molecule has 0 radical (unpaired) electrons. The molecule has 0 aliphatic carbocycles. The average Bonchev–Trinajstić information content (AvgIpc) is 3.25. The van der Waals surface area contributed by atoms with Crippen LogP contribution in [0.3, 0.4) is 0 Å². The van der Waals surface area contributed by atoms with Crippen molar-refractivity contribution in [3.8, 4) is 22.3 Å². The lowest BCUT2D eigenvalue weighted by Crippen LogP contribution is -2.12. The van der Waals surface area contributed by atoms with Crippen LogP contribution in [0.5, 0.6) is 0 Å². The largest absolute Gasteiger partial charge is 0.398 e. The van der Waals surface area contributed by atoms with E-state index < -0.39 is 0 Å². The summed E-state index contributed by atoms with van der Waals surface area (Å²) in [5.74, 6) is 0. The van der Waals surface area contributed by atoms with Gasteiger partial charge in [0.2, 0.25) is 0 Å². The molecule has 0 fully saturated rings. The fourth-order valence-corrected chi connectivity index (χ4v) is 9.09. The Bertz CT molecular complexity index is 2670. The van der Waals surface area contributed by atoms with E-state index in [1.54, 1.807) is 0 Å². The van der Waals surface area contributed by atoms with Crippen LogP contribution in [0.25, 0.3) is 43.8 Å². The van der Waals surface area contributed by atoms with E-state index in [1.807, 2.05) is 0 Å². The van der Waals surface area contributed by atoms with Crippen LogP contribution in [-0.4, -0.2) is 0 Å². The second kappa shape index (κ2) is 15.9. The molecule has 9 rings (SSSR count). The molecule has 0 aliphatic rings. The van der Waals surface area contributed by atoms with Crippen molar-refractivity contribution in [2.24, 2.45) is 0 Å². The van der Waals surface area contributed by atoms with Gasteiger partial charge >= 0.3 is 0 Å². The van der Waals surface area contributed by atoms with Gasteiger partial charge in [-0.05, 0) is 153 Å². The van der Waals surface area contributed by atoms with E-state index in [2.05, 4.69) is 257 Å². The second-order valence-corrected chi connectivity index (χ2v) is 17.7. The summed E-state index contributed by atoms with van der Waals surface area (Å²) < 4.78 is 1.98.